The Labute approximate surface area is 139 Å². The van der Waals surface area contributed by atoms with Crippen LogP contribution in [0, 0.1) is 10.7 Å². The number of amides is 1. The summed E-state index contributed by atoms with van der Waals surface area (Å²) in [6.45, 7) is 6.17. The first kappa shape index (κ1) is 15.9. The van der Waals surface area contributed by atoms with Gasteiger partial charge in [-0.3, -0.25) is 14.2 Å². The number of aromatic nitrogens is 2. The number of piperidine rings is 1. The van der Waals surface area contributed by atoms with Gasteiger partial charge in [-0.05, 0) is 56.1 Å². The molecule has 1 fully saturated rings. The van der Waals surface area contributed by atoms with Crippen molar-refractivity contribution in [3.63, 3.8) is 0 Å². The third kappa shape index (κ3) is 2.95. The van der Waals surface area contributed by atoms with Crippen LogP contribution in [0.2, 0.25) is 0 Å². The van der Waals surface area contributed by atoms with Crippen LogP contribution in [0.1, 0.15) is 37.0 Å². The van der Waals surface area contributed by atoms with Crippen molar-refractivity contribution in [3.05, 3.63) is 38.9 Å². The minimum atomic E-state index is -0.114. The van der Waals surface area contributed by atoms with Crippen molar-refractivity contribution >= 4 is 29.0 Å². The number of nitrogens with one attached hydrogen (secondary N) is 1. The van der Waals surface area contributed by atoms with E-state index in [0.717, 1.165) is 19.5 Å². The van der Waals surface area contributed by atoms with Gasteiger partial charge in [-0.15, -0.1) is 0 Å². The maximum Gasteiger partial charge on any atom is 0.262 e. The van der Waals surface area contributed by atoms with E-state index in [0.29, 0.717) is 33.7 Å². The van der Waals surface area contributed by atoms with E-state index in [9.17, 15) is 9.59 Å². The van der Waals surface area contributed by atoms with Crippen LogP contribution in [-0.4, -0.2) is 33.4 Å². The van der Waals surface area contributed by atoms with Gasteiger partial charge in [-0.2, -0.15) is 0 Å². The monoisotopic (exact) mass is 331 g/mol. The number of hydrogen-bond acceptors (Lipinski definition) is 3. The van der Waals surface area contributed by atoms with Crippen molar-refractivity contribution in [1.29, 1.82) is 0 Å². The Morgan fingerprint density at radius 3 is 2.91 bits per heavy atom. The summed E-state index contributed by atoms with van der Waals surface area (Å²) in [5.41, 5.74) is 1.11. The van der Waals surface area contributed by atoms with Crippen molar-refractivity contribution in [1.82, 2.24) is 14.5 Å². The zero-order valence-electron chi connectivity index (χ0n) is 13.5. The third-order valence-electron chi connectivity index (χ3n) is 4.49. The molecule has 1 aromatic carbocycles. The van der Waals surface area contributed by atoms with Gasteiger partial charge in [0.1, 0.15) is 0 Å². The smallest absolute Gasteiger partial charge is 0.262 e. The summed E-state index contributed by atoms with van der Waals surface area (Å²) >= 11 is 5.23. The Balaban J connectivity index is 2.02. The number of fused-ring (bicyclic) bond motifs is 1. The standard InChI is InChI=1S/C17H21N3O2S/c1-3-20-16(22)13-7-6-12(9-14(13)18-17(20)23)15(21)19-8-4-5-11(2)10-19/h6-7,9,11H,3-5,8,10H2,1-2H3,(H,18,23)/t11-/m0/s1. The Kier molecular flexibility index (Phi) is 4.35. The van der Waals surface area contributed by atoms with Gasteiger partial charge in [0, 0.05) is 25.2 Å². The average Bonchev–Trinajstić information content (AvgIpc) is 2.54. The van der Waals surface area contributed by atoms with Gasteiger partial charge < -0.3 is 9.88 Å². The normalized spacial score (nSPS) is 18.3. The number of benzene rings is 1. The predicted molar refractivity (Wildman–Crippen MR) is 93.4 cm³/mol. The average molecular weight is 331 g/mol. The van der Waals surface area contributed by atoms with E-state index < -0.39 is 0 Å². The van der Waals surface area contributed by atoms with E-state index >= 15 is 0 Å². The molecule has 0 bridgehead atoms. The van der Waals surface area contributed by atoms with Gasteiger partial charge in [0.05, 0.1) is 10.9 Å². The topological polar surface area (TPSA) is 58.1 Å². The fraction of sp³-hybridized carbons (Fsp3) is 0.471. The molecule has 1 N–H and O–H groups in total. The molecule has 5 nitrogen and oxygen atoms in total. The third-order valence-corrected chi connectivity index (χ3v) is 4.81. The number of hydrogen-bond donors (Lipinski definition) is 1. The number of aromatic amines is 1. The molecule has 1 amide bonds. The molecule has 1 aromatic heterocycles. The molecule has 1 atom stereocenters. The quantitative estimate of drug-likeness (QED) is 0.861. The largest absolute Gasteiger partial charge is 0.338 e. The molecule has 3 rings (SSSR count). The highest BCUT2D eigenvalue weighted by molar-refractivity contribution is 7.71. The summed E-state index contributed by atoms with van der Waals surface area (Å²) in [6, 6.07) is 5.20. The first-order valence-electron chi connectivity index (χ1n) is 8.07. The zero-order chi connectivity index (χ0) is 16.6. The van der Waals surface area contributed by atoms with Crippen LogP contribution < -0.4 is 5.56 Å². The number of H-pyrrole nitrogens is 1. The highest BCUT2D eigenvalue weighted by Gasteiger charge is 2.22. The number of likely N-dealkylation sites (tertiary alicyclic amines) is 1. The van der Waals surface area contributed by atoms with Gasteiger partial charge >= 0.3 is 0 Å². The number of nitrogens with zero attached hydrogens (tertiary/aromatic N) is 2. The van der Waals surface area contributed by atoms with Crippen LogP contribution in [0.5, 0.6) is 0 Å². The summed E-state index contributed by atoms with van der Waals surface area (Å²) in [7, 11) is 0. The molecule has 2 aromatic rings. The van der Waals surface area contributed by atoms with Crippen molar-refractivity contribution in [2.24, 2.45) is 5.92 Å². The SMILES string of the molecule is CCn1c(=S)[nH]c2cc(C(=O)N3CCC[C@H](C)C3)ccc2c1=O. The predicted octanol–water partition coefficient (Wildman–Crippen LogP) is 2.95. The van der Waals surface area contributed by atoms with Gasteiger partial charge in [-0.1, -0.05) is 6.92 Å². The van der Waals surface area contributed by atoms with E-state index in [4.69, 9.17) is 12.2 Å². The summed E-state index contributed by atoms with van der Waals surface area (Å²) in [5.74, 6) is 0.563. The highest BCUT2D eigenvalue weighted by Crippen LogP contribution is 2.19. The van der Waals surface area contributed by atoms with E-state index in [2.05, 4.69) is 11.9 Å². The molecule has 1 aliphatic rings. The number of carbonyl (C=O) groups is 1. The fourth-order valence-electron chi connectivity index (χ4n) is 3.23. The van der Waals surface area contributed by atoms with Crippen LogP contribution in [0.15, 0.2) is 23.0 Å². The molecule has 0 aliphatic carbocycles. The Morgan fingerprint density at radius 2 is 2.22 bits per heavy atom. The molecule has 0 radical (unpaired) electrons. The molecule has 122 valence electrons. The van der Waals surface area contributed by atoms with Gasteiger partial charge in [0.2, 0.25) is 0 Å². The number of carbonyl (C=O) groups excluding carboxylic acids is 1. The molecular formula is C17H21N3O2S. The van der Waals surface area contributed by atoms with E-state index in [1.807, 2.05) is 11.8 Å². The summed E-state index contributed by atoms with van der Waals surface area (Å²) in [5, 5.41) is 0.559. The fourth-order valence-corrected chi connectivity index (χ4v) is 3.55. The van der Waals surface area contributed by atoms with Crippen molar-refractivity contribution in [2.75, 3.05) is 13.1 Å². The van der Waals surface area contributed by atoms with Crippen molar-refractivity contribution in [3.8, 4) is 0 Å². The Hall–Kier alpha value is -1.95. The van der Waals surface area contributed by atoms with E-state index in [-0.39, 0.29) is 11.5 Å². The summed E-state index contributed by atoms with van der Waals surface area (Å²) in [6.07, 6.45) is 2.22. The van der Waals surface area contributed by atoms with Crippen molar-refractivity contribution < 1.29 is 4.79 Å². The molecule has 2 heterocycles. The minimum Gasteiger partial charge on any atom is -0.338 e. The zero-order valence-corrected chi connectivity index (χ0v) is 14.3. The maximum absolute atomic E-state index is 12.7. The number of rotatable bonds is 2. The van der Waals surface area contributed by atoms with Crippen LogP contribution in [0.3, 0.4) is 0 Å². The molecule has 0 unspecified atom stereocenters. The Bertz CT molecular complexity index is 868. The lowest BCUT2D eigenvalue weighted by Crippen LogP contribution is -2.39. The summed E-state index contributed by atoms with van der Waals surface area (Å²) in [4.78, 5) is 30.0. The second kappa shape index (κ2) is 6.28. The first-order chi connectivity index (χ1) is 11.0. The highest BCUT2D eigenvalue weighted by atomic mass is 32.1. The lowest BCUT2D eigenvalue weighted by atomic mass is 9.99. The van der Waals surface area contributed by atoms with Gasteiger partial charge in [-0.25, -0.2) is 0 Å². The summed E-state index contributed by atoms with van der Waals surface area (Å²) < 4.78 is 1.91. The molecule has 0 saturated carbocycles. The van der Waals surface area contributed by atoms with E-state index in [1.54, 1.807) is 18.2 Å². The lowest BCUT2D eigenvalue weighted by Gasteiger charge is -2.31. The molecule has 0 spiro atoms. The molecule has 6 heteroatoms. The molecule has 1 aliphatic heterocycles. The van der Waals surface area contributed by atoms with Crippen LogP contribution in [0.4, 0.5) is 0 Å². The molecule has 23 heavy (non-hydrogen) atoms. The maximum atomic E-state index is 12.7. The van der Waals surface area contributed by atoms with Crippen LogP contribution in [-0.2, 0) is 6.54 Å². The second-order valence-corrected chi connectivity index (χ2v) is 6.63. The molecule has 1 saturated heterocycles. The molecular weight excluding hydrogens is 310 g/mol. The van der Waals surface area contributed by atoms with E-state index in [1.165, 1.54) is 11.0 Å². The lowest BCUT2D eigenvalue weighted by molar-refractivity contribution is 0.0683. The second-order valence-electron chi connectivity index (χ2n) is 6.24. The Morgan fingerprint density at radius 1 is 1.43 bits per heavy atom. The first-order valence-corrected chi connectivity index (χ1v) is 8.48. The van der Waals surface area contributed by atoms with Crippen LogP contribution in [0.25, 0.3) is 10.9 Å². The van der Waals surface area contributed by atoms with Gasteiger partial charge in [0.25, 0.3) is 11.5 Å². The van der Waals surface area contributed by atoms with Crippen molar-refractivity contribution in [2.45, 2.75) is 33.2 Å². The van der Waals surface area contributed by atoms with Gasteiger partial charge in [0.15, 0.2) is 4.77 Å². The van der Waals surface area contributed by atoms with Crippen LogP contribution >= 0.6 is 12.2 Å². The minimum absolute atomic E-state index is 0.0254.